The highest BCUT2D eigenvalue weighted by Gasteiger charge is 2.37. The molecule has 29 heavy (non-hydrogen) atoms. The van der Waals surface area contributed by atoms with Gasteiger partial charge in [-0.1, -0.05) is 13.8 Å². The van der Waals surface area contributed by atoms with Gasteiger partial charge in [0, 0.05) is 25.4 Å². The predicted octanol–water partition coefficient (Wildman–Crippen LogP) is 2.53. The molecule has 156 valence electrons. The van der Waals surface area contributed by atoms with Crippen LogP contribution in [-0.4, -0.2) is 41.5 Å². The number of nitrogens with two attached hydrogens (primary N) is 1. The molecule has 0 bridgehead atoms. The van der Waals surface area contributed by atoms with Gasteiger partial charge >= 0.3 is 0 Å². The number of carbonyl (C=O) groups is 2. The maximum atomic E-state index is 13.6. The van der Waals surface area contributed by atoms with Gasteiger partial charge in [-0.2, -0.15) is 0 Å². The molecule has 0 spiro atoms. The number of hydrogen-bond acceptors (Lipinski definition) is 4. The Kier molecular flexibility index (Phi) is 6.15. The lowest BCUT2D eigenvalue weighted by Crippen LogP contribution is -2.53. The van der Waals surface area contributed by atoms with Crippen molar-refractivity contribution in [3.05, 3.63) is 47.8 Å². The fourth-order valence-corrected chi connectivity index (χ4v) is 3.94. The maximum absolute atomic E-state index is 13.6. The Balaban J connectivity index is 1.98. The number of fused-ring (bicyclic) bond motifs is 1. The van der Waals surface area contributed by atoms with Gasteiger partial charge in [-0.05, 0) is 47.7 Å². The number of rotatable bonds is 7. The van der Waals surface area contributed by atoms with E-state index < -0.39 is 11.9 Å². The highest BCUT2D eigenvalue weighted by atomic mass is 16.5. The number of methoxy groups -OCH3 is 2. The normalized spacial score (nSPS) is 17.0. The molecule has 0 fully saturated rings. The third kappa shape index (κ3) is 4.23. The molecule has 0 radical (unpaired) electrons. The van der Waals surface area contributed by atoms with E-state index in [4.69, 9.17) is 15.2 Å². The van der Waals surface area contributed by atoms with Crippen molar-refractivity contribution in [1.82, 2.24) is 9.47 Å². The molecular formula is C22H29N3O4. The highest BCUT2D eigenvalue weighted by molar-refractivity contribution is 5.89. The zero-order valence-electron chi connectivity index (χ0n) is 17.4. The lowest BCUT2D eigenvalue weighted by molar-refractivity contribution is -0.143. The van der Waals surface area contributed by atoms with Crippen LogP contribution in [0.4, 0.5) is 0 Å². The third-order valence-electron chi connectivity index (χ3n) is 5.41. The second kappa shape index (κ2) is 8.59. The Morgan fingerprint density at radius 3 is 2.21 bits per heavy atom. The lowest BCUT2D eigenvalue weighted by atomic mass is 9.91. The van der Waals surface area contributed by atoms with Gasteiger partial charge in [0.05, 0.1) is 14.2 Å². The van der Waals surface area contributed by atoms with Crippen molar-refractivity contribution in [2.45, 2.75) is 45.3 Å². The van der Waals surface area contributed by atoms with E-state index in [1.54, 1.807) is 19.1 Å². The second-order valence-electron chi connectivity index (χ2n) is 7.84. The van der Waals surface area contributed by atoms with Crippen LogP contribution in [-0.2, 0) is 22.6 Å². The van der Waals surface area contributed by atoms with Gasteiger partial charge in [-0.3, -0.25) is 9.59 Å². The number of benzene rings is 1. The van der Waals surface area contributed by atoms with E-state index in [1.807, 2.05) is 41.2 Å². The fraction of sp³-hybridized carbons (Fsp3) is 0.455. The molecule has 1 aromatic heterocycles. The van der Waals surface area contributed by atoms with Crippen LogP contribution in [0.5, 0.6) is 11.5 Å². The summed E-state index contributed by atoms with van der Waals surface area (Å²) in [6.45, 7) is 4.47. The standard InChI is InChI=1S/C22H29N3O4/c1-14(2)9-18(24-7-5-6-8-24)22(27)25-13-16-12-20(29-4)19(28-3)11-15(16)10-17(25)21(23)26/h5-8,11-12,14,17-18H,9-10,13H2,1-4H3,(H2,23,26)/t17-,18+/m0/s1. The summed E-state index contributed by atoms with van der Waals surface area (Å²) < 4.78 is 12.7. The van der Waals surface area contributed by atoms with Crippen molar-refractivity contribution >= 4 is 11.8 Å². The first-order chi connectivity index (χ1) is 13.8. The van der Waals surface area contributed by atoms with Crippen molar-refractivity contribution in [3.8, 4) is 11.5 Å². The summed E-state index contributed by atoms with van der Waals surface area (Å²) in [6, 6.07) is 6.46. The van der Waals surface area contributed by atoms with E-state index in [0.717, 1.165) is 11.1 Å². The van der Waals surface area contributed by atoms with Gasteiger partial charge in [-0.25, -0.2) is 0 Å². The summed E-state index contributed by atoms with van der Waals surface area (Å²) in [4.78, 5) is 27.4. The number of nitrogens with zero attached hydrogens (tertiary/aromatic N) is 2. The van der Waals surface area contributed by atoms with Crippen molar-refractivity contribution in [2.75, 3.05) is 14.2 Å². The van der Waals surface area contributed by atoms with Crippen LogP contribution in [0.15, 0.2) is 36.7 Å². The van der Waals surface area contributed by atoms with Gasteiger partial charge < -0.3 is 24.7 Å². The molecule has 0 aliphatic carbocycles. The van der Waals surface area contributed by atoms with Crippen molar-refractivity contribution in [3.63, 3.8) is 0 Å². The van der Waals surface area contributed by atoms with Crippen LogP contribution in [0.3, 0.4) is 0 Å². The average molecular weight is 399 g/mol. The van der Waals surface area contributed by atoms with Crippen molar-refractivity contribution < 1.29 is 19.1 Å². The summed E-state index contributed by atoms with van der Waals surface area (Å²) in [5, 5.41) is 0. The van der Waals surface area contributed by atoms with Crippen LogP contribution < -0.4 is 15.2 Å². The summed E-state index contributed by atoms with van der Waals surface area (Å²) in [7, 11) is 3.15. The molecular weight excluding hydrogens is 370 g/mol. The third-order valence-corrected chi connectivity index (χ3v) is 5.41. The first kappa shape index (κ1) is 20.8. The van der Waals surface area contributed by atoms with Crippen LogP contribution in [0.2, 0.25) is 0 Å². The molecule has 2 aromatic rings. The quantitative estimate of drug-likeness (QED) is 0.775. The zero-order chi connectivity index (χ0) is 21.1. The minimum atomic E-state index is -0.696. The van der Waals surface area contributed by atoms with E-state index in [2.05, 4.69) is 13.8 Å². The molecule has 1 aromatic carbocycles. The first-order valence-electron chi connectivity index (χ1n) is 9.81. The Bertz CT molecular complexity index is 876. The molecule has 1 aliphatic rings. The van der Waals surface area contributed by atoms with E-state index in [0.29, 0.717) is 36.8 Å². The molecule has 7 heteroatoms. The summed E-state index contributed by atoms with van der Waals surface area (Å²) in [5.41, 5.74) is 7.58. The number of hydrogen-bond donors (Lipinski definition) is 1. The predicted molar refractivity (Wildman–Crippen MR) is 110 cm³/mol. The van der Waals surface area contributed by atoms with E-state index >= 15 is 0 Å². The zero-order valence-corrected chi connectivity index (χ0v) is 17.4. The minimum absolute atomic E-state index is 0.0980. The van der Waals surface area contributed by atoms with Gasteiger partial charge in [-0.15, -0.1) is 0 Å². The smallest absolute Gasteiger partial charge is 0.246 e. The van der Waals surface area contributed by atoms with Crippen LogP contribution in [0.1, 0.15) is 37.4 Å². The van der Waals surface area contributed by atoms with Gasteiger partial charge in [0.15, 0.2) is 11.5 Å². The molecule has 2 N–H and O–H groups in total. The largest absolute Gasteiger partial charge is 0.493 e. The minimum Gasteiger partial charge on any atom is -0.493 e. The molecule has 2 amide bonds. The average Bonchev–Trinajstić information content (AvgIpc) is 3.23. The number of primary amides is 1. The molecule has 1 aliphatic heterocycles. The number of ether oxygens (including phenoxy) is 2. The van der Waals surface area contributed by atoms with E-state index in [1.165, 1.54) is 0 Å². The number of carbonyl (C=O) groups excluding carboxylic acids is 2. The summed E-state index contributed by atoms with van der Waals surface area (Å²) in [5.74, 6) is 0.910. The monoisotopic (exact) mass is 399 g/mol. The Morgan fingerprint density at radius 1 is 1.10 bits per heavy atom. The van der Waals surface area contributed by atoms with Gasteiger partial charge in [0.2, 0.25) is 11.8 Å². The Morgan fingerprint density at radius 2 is 1.69 bits per heavy atom. The fourth-order valence-electron chi connectivity index (χ4n) is 3.94. The Labute approximate surface area is 171 Å². The molecule has 3 rings (SSSR count). The Hall–Kier alpha value is -2.96. The molecule has 0 saturated carbocycles. The van der Waals surface area contributed by atoms with E-state index in [-0.39, 0.29) is 11.9 Å². The molecule has 0 unspecified atom stereocenters. The number of amides is 2. The van der Waals surface area contributed by atoms with Crippen LogP contribution in [0.25, 0.3) is 0 Å². The molecule has 7 nitrogen and oxygen atoms in total. The second-order valence-corrected chi connectivity index (χ2v) is 7.84. The van der Waals surface area contributed by atoms with Crippen molar-refractivity contribution in [2.24, 2.45) is 11.7 Å². The lowest BCUT2D eigenvalue weighted by Gasteiger charge is -2.38. The molecule has 2 heterocycles. The summed E-state index contributed by atoms with van der Waals surface area (Å²) >= 11 is 0. The summed E-state index contributed by atoms with van der Waals surface area (Å²) in [6.07, 6.45) is 4.80. The van der Waals surface area contributed by atoms with Crippen LogP contribution >= 0.6 is 0 Å². The first-order valence-corrected chi connectivity index (χ1v) is 9.81. The van der Waals surface area contributed by atoms with Gasteiger partial charge in [0.25, 0.3) is 0 Å². The topological polar surface area (TPSA) is 86.8 Å². The molecule has 0 saturated heterocycles. The van der Waals surface area contributed by atoms with Crippen molar-refractivity contribution in [1.29, 1.82) is 0 Å². The maximum Gasteiger partial charge on any atom is 0.246 e. The van der Waals surface area contributed by atoms with Gasteiger partial charge in [0.1, 0.15) is 12.1 Å². The van der Waals surface area contributed by atoms with Crippen LogP contribution in [0, 0.1) is 5.92 Å². The molecule has 2 atom stereocenters. The highest BCUT2D eigenvalue weighted by Crippen LogP contribution is 2.36. The number of aromatic nitrogens is 1. The SMILES string of the molecule is COc1cc2c(cc1OC)CN(C(=O)[C@@H](CC(C)C)n1cccc1)[C@H](C(N)=O)C2. The van der Waals surface area contributed by atoms with E-state index in [9.17, 15) is 9.59 Å².